The van der Waals surface area contributed by atoms with Crippen LogP contribution in [-0.2, 0) is 13.2 Å². The predicted octanol–water partition coefficient (Wildman–Crippen LogP) is 2.78. The first-order valence-corrected chi connectivity index (χ1v) is 10.7. The van der Waals surface area contributed by atoms with Crippen molar-refractivity contribution >= 4 is 0 Å². The normalized spacial score (nSPS) is 22.9. The number of hydrogen-bond donors (Lipinski definition) is 2. The molecule has 2 aliphatic rings. The van der Waals surface area contributed by atoms with E-state index >= 15 is 0 Å². The van der Waals surface area contributed by atoms with E-state index in [9.17, 15) is 10.2 Å². The summed E-state index contributed by atoms with van der Waals surface area (Å²) in [6.45, 7) is 6.91. The minimum Gasteiger partial charge on any atom is -0.494 e. The number of hydrogen-bond acceptors (Lipinski definition) is 5. The molecule has 0 amide bonds. The van der Waals surface area contributed by atoms with Crippen molar-refractivity contribution in [3.8, 4) is 5.75 Å². The SMILES string of the molecule is CCOc1ccc(CN2CCN(C3CCCCC3)[C@H](CCO)C2)cc1CO. The van der Waals surface area contributed by atoms with E-state index < -0.39 is 0 Å². The summed E-state index contributed by atoms with van der Waals surface area (Å²) in [4.78, 5) is 5.18. The average Bonchev–Trinajstić information content (AvgIpc) is 2.70. The largest absolute Gasteiger partial charge is 0.494 e. The molecule has 1 aromatic rings. The first kappa shape index (κ1) is 20.6. The van der Waals surface area contributed by atoms with Crippen LogP contribution in [0.15, 0.2) is 18.2 Å². The summed E-state index contributed by atoms with van der Waals surface area (Å²) in [7, 11) is 0. The molecule has 1 atom stereocenters. The summed E-state index contributed by atoms with van der Waals surface area (Å²) in [6.07, 6.45) is 7.59. The zero-order valence-corrected chi connectivity index (χ0v) is 16.8. The number of aliphatic hydroxyl groups excluding tert-OH is 2. The quantitative estimate of drug-likeness (QED) is 0.731. The number of rotatable bonds is 8. The number of ether oxygens (including phenoxy) is 1. The van der Waals surface area contributed by atoms with Crippen LogP contribution >= 0.6 is 0 Å². The van der Waals surface area contributed by atoms with E-state index in [1.165, 1.54) is 37.7 Å². The second-order valence-electron chi connectivity index (χ2n) is 7.96. The summed E-state index contributed by atoms with van der Waals surface area (Å²) in [5, 5.41) is 19.2. The maximum atomic E-state index is 9.64. The third-order valence-electron chi connectivity index (χ3n) is 6.12. The molecule has 152 valence electrons. The lowest BCUT2D eigenvalue weighted by Crippen LogP contribution is -2.56. The molecule has 1 aromatic carbocycles. The van der Waals surface area contributed by atoms with E-state index in [1.807, 2.05) is 13.0 Å². The Morgan fingerprint density at radius 2 is 1.93 bits per heavy atom. The van der Waals surface area contributed by atoms with Gasteiger partial charge in [-0.3, -0.25) is 9.80 Å². The lowest BCUT2D eigenvalue weighted by molar-refractivity contribution is 0.0136. The first-order chi connectivity index (χ1) is 13.2. The zero-order valence-electron chi connectivity index (χ0n) is 16.8. The van der Waals surface area contributed by atoms with Crippen molar-refractivity contribution in [2.75, 3.05) is 32.8 Å². The Balaban J connectivity index is 1.63. The molecule has 0 aromatic heterocycles. The van der Waals surface area contributed by atoms with Crippen molar-refractivity contribution in [2.24, 2.45) is 0 Å². The van der Waals surface area contributed by atoms with Gasteiger partial charge in [0.1, 0.15) is 5.75 Å². The third-order valence-corrected chi connectivity index (χ3v) is 6.12. The summed E-state index contributed by atoms with van der Waals surface area (Å²) < 4.78 is 5.60. The second-order valence-corrected chi connectivity index (χ2v) is 7.96. The highest BCUT2D eigenvalue weighted by molar-refractivity contribution is 5.37. The highest BCUT2D eigenvalue weighted by Crippen LogP contribution is 2.28. The van der Waals surface area contributed by atoms with E-state index in [-0.39, 0.29) is 13.2 Å². The topological polar surface area (TPSA) is 56.2 Å². The molecule has 1 aliphatic heterocycles. The Morgan fingerprint density at radius 1 is 1.11 bits per heavy atom. The van der Waals surface area contributed by atoms with Crippen molar-refractivity contribution in [2.45, 2.75) is 70.7 Å². The average molecular weight is 377 g/mol. The van der Waals surface area contributed by atoms with Gasteiger partial charge in [0.25, 0.3) is 0 Å². The van der Waals surface area contributed by atoms with Gasteiger partial charge in [0.15, 0.2) is 0 Å². The minimum atomic E-state index is 0.00572. The molecule has 5 nitrogen and oxygen atoms in total. The smallest absolute Gasteiger partial charge is 0.124 e. The van der Waals surface area contributed by atoms with Crippen LogP contribution < -0.4 is 4.74 Å². The summed E-state index contributed by atoms with van der Waals surface area (Å²) >= 11 is 0. The van der Waals surface area contributed by atoms with Gasteiger partial charge >= 0.3 is 0 Å². The summed E-state index contributed by atoms with van der Waals surface area (Å²) in [6, 6.07) is 7.32. The summed E-state index contributed by atoms with van der Waals surface area (Å²) in [5.41, 5.74) is 2.08. The monoisotopic (exact) mass is 376 g/mol. The fourth-order valence-corrected chi connectivity index (χ4v) is 4.79. The molecule has 0 radical (unpaired) electrons. The molecule has 2 N–H and O–H groups in total. The molecule has 1 saturated heterocycles. The van der Waals surface area contributed by atoms with Crippen molar-refractivity contribution in [3.63, 3.8) is 0 Å². The van der Waals surface area contributed by atoms with E-state index in [1.54, 1.807) is 0 Å². The van der Waals surface area contributed by atoms with Crippen LogP contribution in [0.3, 0.4) is 0 Å². The van der Waals surface area contributed by atoms with Gasteiger partial charge in [-0.2, -0.15) is 0 Å². The maximum Gasteiger partial charge on any atom is 0.124 e. The van der Waals surface area contributed by atoms with Gasteiger partial charge < -0.3 is 14.9 Å². The van der Waals surface area contributed by atoms with Crippen LogP contribution in [0.1, 0.15) is 56.6 Å². The molecule has 5 heteroatoms. The number of aliphatic hydroxyl groups is 2. The molecular formula is C22H36N2O3. The molecule has 0 spiro atoms. The zero-order chi connectivity index (χ0) is 19.1. The van der Waals surface area contributed by atoms with E-state index in [0.29, 0.717) is 18.7 Å². The van der Waals surface area contributed by atoms with Gasteiger partial charge in [-0.15, -0.1) is 0 Å². The molecule has 0 bridgehead atoms. The lowest BCUT2D eigenvalue weighted by atomic mass is 9.91. The van der Waals surface area contributed by atoms with Gasteiger partial charge in [0, 0.05) is 50.4 Å². The highest BCUT2D eigenvalue weighted by atomic mass is 16.5. The number of nitrogens with zero attached hydrogens (tertiary/aromatic N) is 2. The van der Waals surface area contributed by atoms with Crippen LogP contribution in [0.25, 0.3) is 0 Å². The third kappa shape index (κ3) is 5.44. The molecule has 0 unspecified atom stereocenters. The Hall–Kier alpha value is -1.14. The fourth-order valence-electron chi connectivity index (χ4n) is 4.79. The Kier molecular flexibility index (Phi) is 7.94. The maximum absolute atomic E-state index is 9.64. The molecule has 1 heterocycles. The number of benzene rings is 1. The highest BCUT2D eigenvalue weighted by Gasteiger charge is 2.32. The van der Waals surface area contributed by atoms with Gasteiger partial charge in [-0.1, -0.05) is 25.3 Å². The predicted molar refractivity (Wildman–Crippen MR) is 108 cm³/mol. The van der Waals surface area contributed by atoms with Crippen LogP contribution in [0.5, 0.6) is 5.75 Å². The Labute approximate surface area is 163 Å². The van der Waals surface area contributed by atoms with Gasteiger partial charge in [0.2, 0.25) is 0 Å². The van der Waals surface area contributed by atoms with Crippen molar-refractivity contribution < 1.29 is 14.9 Å². The van der Waals surface area contributed by atoms with Crippen LogP contribution in [0, 0.1) is 0 Å². The van der Waals surface area contributed by atoms with Gasteiger partial charge in [0.05, 0.1) is 13.2 Å². The van der Waals surface area contributed by atoms with E-state index in [4.69, 9.17) is 4.74 Å². The van der Waals surface area contributed by atoms with Gasteiger partial charge in [-0.05, 0) is 43.9 Å². The van der Waals surface area contributed by atoms with Crippen molar-refractivity contribution in [1.82, 2.24) is 9.80 Å². The van der Waals surface area contributed by atoms with E-state index in [0.717, 1.165) is 43.9 Å². The molecule has 2 fully saturated rings. The van der Waals surface area contributed by atoms with Gasteiger partial charge in [-0.25, -0.2) is 0 Å². The fraction of sp³-hybridized carbons (Fsp3) is 0.727. The Bertz CT molecular complexity index is 575. The molecule has 1 saturated carbocycles. The van der Waals surface area contributed by atoms with Crippen LogP contribution in [0.2, 0.25) is 0 Å². The minimum absolute atomic E-state index is 0.00572. The molecule has 27 heavy (non-hydrogen) atoms. The lowest BCUT2D eigenvalue weighted by Gasteiger charge is -2.46. The Morgan fingerprint density at radius 3 is 2.63 bits per heavy atom. The standard InChI is InChI=1S/C22H36N2O3/c1-2-27-22-9-8-18(14-19(22)17-26)15-23-11-12-24(21(16-23)10-13-25)20-6-4-3-5-7-20/h8-9,14,20-21,25-26H,2-7,10-13,15-17H2,1H3/t21-/m1/s1. The van der Waals surface area contributed by atoms with Crippen LogP contribution in [0.4, 0.5) is 0 Å². The first-order valence-electron chi connectivity index (χ1n) is 10.7. The van der Waals surface area contributed by atoms with E-state index in [2.05, 4.69) is 21.9 Å². The van der Waals surface area contributed by atoms with Crippen LogP contribution in [-0.4, -0.2) is 64.9 Å². The molecular weight excluding hydrogens is 340 g/mol. The van der Waals surface area contributed by atoms with Crippen molar-refractivity contribution in [1.29, 1.82) is 0 Å². The number of piperazine rings is 1. The molecule has 3 rings (SSSR count). The molecule has 1 aliphatic carbocycles. The summed E-state index contributed by atoms with van der Waals surface area (Å²) in [5.74, 6) is 0.782. The second kappa shape index (κ2) is 10.4. The van der Waals surface area contributed by atoms with Crippen molar-refractivity contribution in [3.05, 3.63) is 29.3 Å².